The Kier molecular flexibility index (Phi) is 19.3. The quantitative estimate of drug-likeness (QED) is 0.137. The van der Waals surface area contributed by atoms with Crippen molar-refractivity contribution in [1.82, 2.24) is 20.9 Å². The molecule has 0 aromatic carbocycles. The highest BCUT2D eigenvalue weighted by Crippen LogP contribution is 2.33. The number of nitrogens with two attached hydrogens (primary N) is 1. The van der Waals surface area contributed by atoms with E-state index in [1.807, 2.05) is 32.6 Å². The van der Waals surface area contributed by atoms with Crippen molar-refractivity contribution in [2.45, 2.75) is 144 Å². The average molecular weight is 666 g/mol. The SMILES string of the molecule is C1CCCC1.CC1CC(C)N(C(=O)C(NC(=O)NCC(=O)OCC2CC2)C(C)(C)C)C1.CCC.NC(=O)C(=O)C(CC1CC1)NC=O. The summed E-state index contributed by atoms with van der Waals surface area (Å²) in [6, 6.07) is -1.73. The average Bonchev–Trinajstić information content (AvgIpc) is 3.91. The van der Waals surface area contributed by atoms with Crippen molar-refractivity contribution in [2.24, 2.45) is 28.9 Å². The lowest BCUT2D eigenvalue weighted by atomic mass is 9.85. The van der Waals surface area contributed by atoms with Gasteiger partial charge in [0.25, 0.3) is 5.91 Å². The maximum atomic E-state index is 13.0. The van der Waals surface area contributed by atoms with E-state index < -0.39 is 41.2 Å². The van der Waals surface area contributed by atoms with Gasteiger partial charge in [-0.3, -0.25) is 24.0 Å². The highest BCUT2D eigenvalue weighted by molar-refractivity contribution is 6.37. The van der Waals surface area contributed by atoms with Crippen molar-refractivity contribution in [3.05, 3.63) is 0 Å². The van der Waals surface area contributed by atoms with Crippen LogP contribution in [0.5, 0.6) is 0 Å². The molecule has 4 fully saturated rings. The number of likely N-dealkylation sites (tertiary alicyclic amines) is 1. The first-order valence-corrected chi connectivity index (χ1v) is 17.7. The van der Waals surface area contributed by atoms with Crippen LogP contribution < -0.4 is 21.7 Å². The zero-order chi connectivity index (χ0) is 35.6. The minimum atomic E-state index is -0.986. The van der Waals surface area contributed by atoms with E-state index in [2.05, 4.69) is 36.7 Å². The van der Waals surface area contributed by atoms with Crippen molar-refractivity contribution in [1.29, 1.82) is 0 Å². The molecule has 12 heteroatoms. The summed E-state index contributed by atoms with van der Waals surface area (Å²) in [6.45, 7) is 15.1. The van der Waals surface area contributed by atoms with Crippen LogP contribution in [0.3, 0.4) is 0 Å². The summed E-state index contributed by atoms with van der Waals surface area (Å²) in [7, 11) is 0. The van der Waals surface area contributed by atoms with Crippen LogP contribution >= 0.6 is 0 Å². The molecule has 12 nitrogen and oxygen atoms in total. The van der Waals surface area contributed by atoms with Crippen LogP contribution in [0.4, 0.5) is 4.79 Å². The van der Waals surface area contributed by atoms with E-state index in [1.165, 1.54) is 38.5 Å². The Labute approximate surface area is 282 Å². The number of rotatable bonds is 12. The summed E-state index contributed by atoms with van der Waals surface area (Å²) in [5.41, 5.74) is 4.38. The number of carbonyl (C=O) groups excluding carboxylic acids is 6. The Morgan fingerprint density at radius 1 is 0.936 bits per heavy atom. The van der Waals surface area contributed by atoms with Gasteiger partial charge < -0.3 is 31.3 Å². The van der Waals surface area contributed by atoms with Crippen LogP contribution in [0.25, 0.3) is 0 Å². The monoisotopic (exact) mass is 665 g/mol. The van der Waals surface area contributed by atoms with Crippen molar-refractivity contribution in [2.75, 3.05) is 19.7 Å². The Bertz CT molecular complexity index is 995. The molecule has 47 heavy (non-hydrogen) atoms. The molecule has 0 spiro atoms. The van der Waals surface area contributed by atoms with Crippen molar-refractivity contribution in [3.63, 3.8) is 0 Å². The summed E-state index contributed by atoms with van der Waals surface area (Å²) in [5, 5.41) is 7.56. The van der Waals surface area contributed by atoms with E-state index in [0.717, 1.165) is 32.1 Å². The Balaban J connectivity index is 0.000000431. The summed E-state index contributed by atoms with van der Waals surface area (Å²) in [4.78, 5) is 70.5. The number of nitrogens with zero attached hydrogens (tertiary/aromatic N) is 1. The van der Waals surface area contributed by atoms with Crippen LogP contribution in [0, 0.1) is 23.2 Å². The second-order valence-electron chi connectivity index (χ2n) is 14.7. The minimum Gasteiger partial charge on any atom is -0.464 e. The zero-order valence-electron chi connectivity index (χ0n) is 30.0. The lowest BCUT2D eigenvalue weighted by molar-refractivity contribution is -0.142. The summed E-state index contributed by atoms with van der Waals surface area (Å²) in [5.74, 6) is -0.807. The number of amides is 5. The molecule has 0 radical (unpaired) electrons. The Morgan fingerprint density at radius 2 is 1.47 bits per heavy atom. The highest BCUT2D eigenvalue weighted by atomic mass is 16.5. The molecule has 3 aliphatic carbocycles. The topological polar surface area (TPSA) is 177 Å². The van der Waals surface area contributed by atoms with Crippen molar-refractivity contribution >= 4 is 36.0 Å². The van der Waals surface area contributed by atoms with E-state index in [-0.39, 0.29) is 18.5 Å². The van der Waals surface area contributed by atoms with E-state index in [9.17, 15) is 28.8 Å². The van der Waals surface area contributed by atoms with Crippen LogP contribution in [0.2, 0.25) is 0 Å². The van der Waals surface area contributed by atoms with Gasteiger partial charge in [0.15, 0.2) is 0 Å². The number of hydrogen-bond donors (Lipinski definition) is 4. The second kappa shape index (κ2) is 21.6. The molecule has 5 amide bonds. The fraction of sp³-hybridized carbons (Fsp3) is 0.829. The summed E-state index contributed by atoms with van der Waals surface area (Å²) >= 11 is 0. The van der Waals surface area contributed by atoms with Crippen molar-refractivity contribution in [3.8, 4) is 0 Å². The van der Waals surface area contributed by atoms with Gasteiger partial charge in [0.05, 0.1) is 12.6 Å². The molecule has 270 valence electrons. The van der Waals surface area contributed by atoms with E-state index in [0.29, 0.717) is 43.7 Å². The smallest absolute Gasteiger partial charge is 0.325 e. The van der Waals surface area contributed by atoms with Gasteiger partial charge in [-0.2, -0.15) is 0 Å². The number of carbonyl (C=O) groups is 6. The predicted octanol–water partition coefficient (Wildman–Crippen LogP) is 4.23. The number of ether oxygens (including phenoxy) is 1. The fourth-order valence-corrected chi connectivity index (χ4v) is 5.38. The van der Waals surface area contributed by atoms with E-state index in [1.54, 1.807) is 0 Å². The first-order chi connectivity index (χ1) is 22.1. The normalized spacial score (nSPS) is 21.1. The number of primary amides is 1. The summed E-state index contributed by atoms with van der Waals surface area (Å²) < 4.78 is 5.09. The molecule has 0 bridgehead atoms. The number of nitrogens with one attached hydrogen (secondary N) is 3. The molecule has 4 atom stereocenters. The van der Waals surface area contributed by atoms with Gasteiger partial charge in [-0.15, -0.1) is 0 Å². The molecule has 0 aromatic heterocycles. The lowest BCUT2D eigenvalue weighted by Gasteiger charge is -2.35. The van der Waals surface area contributed by atoms with Crippen molar-refractivity contribution < 1.29 is 33.5 Å². The molecule has 1 aliphatic heterocycles. The van der Waals surface area contributed by atoms with Gasteiger partial charge in [-0.05, 0) is 55.8 Å². The number of ketones is 1. The number of hydrogen-bond acceptors (Lipinski definition) is 7. The molecular formula is C35H63N5O7. The maximum absolute atomic E-state index is 13.0. The minimum absolute atomic E-state index is 0.0687. The van der Waals surface area contributed by atoms with Gasteiger partial charge in [0.1, 0.15) is 12.6 Å². The first-order valence-electron chi connectivity index (χ1n) is 17.7. The molecule has 3 saturated carbocycles. The Morgan fingerprint density at radius 3 is 1.87 bits per heavy atom. The molecule has 1 saturated heterocycles. The number of esters is 1. The van der Waals surface area contributed by atoms with E-state index in [4.69, 9.17) is 10.5 Å². The largest absolute Gasteiger partial charge is 0.464 e. The van der Waals surface area contributed by atoms with Crippen LogP contribution in [0.15, 0.2) is 0 Å². The maximum Gasteiger partial charge on any atom is 0.325 e. The van der Waals surface area contributed by atoms with E-state index >= 15 is 0 Å². The predicted molar refractivity (Wildman–Crippen MR) is 182 cm³/mol. The Hall–Kier alpha value is -3.18. The highest BCUT2D eigenvalue weighted by Gasteiger charge is 2.40. The number of urea groups is 1. The van der Waals surface area contributed by atoms with Crippen LogP contribution in [-0.4, -0.2) is 78.7 Å². The fourth-order valence-electron chi connectivity index (χ4n) is 5.38. The molecule has 1 heterocycles. The van der Waals surface area contributed by atoms with Crippen LogP contribution in [-0.2, 0) is 28.7 Å². The molecule has 5 N–H and O–H groups in total. The third-order valence-corrected chi connectivity index (χ3v) is 8.37. The molecule has 4 rings (SSSR count). The molecule has 0 aromatic rings. The van der Waals surface area contributed by atoms with Gasteiger partial charge in [0.2, 0.25) is 18.1 Å². The lowest BCUT2D eigenvalue weighted by Crippen LogP contribution is -2.57. The molecule has 4 unspecified atom stereocenters. The summed E-state index contributed by atoms with van der Waals surface area (Å²) in [6.07, 6.45) is 15.0. The van der Waals surface area contributed by atoms with Gasteiger partial charge in [-0.1, -0.05) is 92.9 Å². The first kappa shape index (κ1) is 41.8. The third-order valence-electron chi connectivity index (χ3n) is 8.37. The standard InChI is InChI=1S/C19H33N3O4.C8H12N2O3.C5H10.C3H8/c1-12-8-13(2)22(10-12)17(24)16(19(3,4)5)21-18(25)20-9-15(23)26-11-14-6-7-14;9-8(13)7(12)6(10-4-11)3-5-1-2-5;1-2-4-5-3-1;1-3-2/h12-14,16H,6-11H2,1-5H3,(H2,20,21,25);4-6H,1-3H2,(H2,9,13)(H,10,11);1-5H2;3H2,1-2H3. The van der Waals surface area contributed by atoms with Gasteiger partial charge in [-0.25, -0.2) is 4.79 Å². The number of Topliss-reactive ketones (excluding diaryl/α,β-unsaturated/α-hetero) is 1. The van der Waals surface area contributed by atoms with Gasteiger partial charge >= 0.3 is 12.0 Å². The zero-order valence-corrected chi connectivity index (χ0v) is 30.0. The van der Waals surface area contributed by atoms with Gasteiger partial charge in [0, 0.05) is 12.6 Å². The third kappa shape index (κ3) is 18.1. The molecular weight excluding hydrogens is 602 g/mol. The molecule has 4 aliphatic rings. The van der Waals surface area contributed by atoms with Crippen LogP contribution in [0.1, 0.15) is 126 Å². The second-order valence-corrected chi connectivity index (χ2v) is 14.7.